The van der Waals surface area contributed by atoms with Crippen LogP contribution in [-0.2, 0) is 25.6 Å². The van der Waals surface area contributed by atoms with Crippen LogP contribution in [0.25, 0.3) is 0 Å². The van der Waals surface area contributed by atoms with Crippen LogP contribution in [0.3, 0.4) is 0 Å². The van der Waals surface area contributed by atoms with Gasteiger partial charge >= 0.3 is 5.97 Å². The SMILES string of the molecule is CC(C)C[C@H](NC(=O)[C@@H](N)Cc1ccccc1)C(=O)N[C@@H](CCC(N)=O)C(=O)O. The predicted molar refractivity (Wildman–Crippen MR) is 108 cm³/mol. The van der Waals surface area contributed by atoms with E-state index in [0.717, 1.165) is 5.56 Å². The van der Waals surface area contributed by atoms with E-state index in [0.29, 0.717) is 12.8 Å². The maximum atomic E-state index is 12.6. The lowest BCUT2D eigenvalue weighted by atomic mass is 10.0. The summed E-state index contributed by atoms with van der Waals surface area (Å²) in [5.74, 6) is -3.03. The predicted octanol–water partition coefficient (Wildman–Crippen LogP) is -0.0778. The zero-order valence-electron chi connectivity index (χ0n) is 16.8. The van der Waals surface area contributed by atoms with Gasteiger partial charge in [0.1, 0.15) is 12.1 Å². The number of carbonyl (C=O) groups is 4. The molecule has 9 heteroatoms. The van der Waals surface area contributed by atoms with Crippen LogP contribution in [-0.4, -0.2) is 46.9 Å². The summed E-state index contributed by atoms with van der Waals surface area (Å²) < 4.78 is 0. The molecule has 0 radical (unpaired) electrons. The number of nitrogens with one attached hydrogen (secondary N) is 2. The Morgan fingerprint density at radius 3 is 2.10 bits per heavy atom. The molecule has 1 rings (SSSR count). The van der Waals surface area contributed by atoms with Crippen LogP contribution in [0.2, 0.25) is 0 Å². The standard InChI is InChI=1S/C20H30N4O5/c1-12(2)10-16(19(27)23-15(20(28)29)8-9-17(22)25)24-18(26)14(21)11-13-6-4-3-5-7-13/h3-7,12,14-16H,8-11,21H2,1-2H3,(H2,22,25)(H,23,27)(H,24,26)(H,28,29)/t14-,15-,16-/m0/s1. The molecule has 160 valence electrons. The van der Waals surface area contributed by atoms with E-state index >= 15 is 0 Å². The molecule has 0 aliphatic rings. The van der Waals surface area contributed by atoms with Crippen molar-refractivity contribution in [1.82, 2.24) is 10.6 Å². The molecule has 0 aliphatic heterocycles. The number of carboxylic acid groups (broad SMARTS) is 1. The highest BCUT2D eigenvalue weighted by Crippen LogP contribution is 2.08. The highest BCUT2D eigenvalue weighted by atomic mass is 16.4. The van der Waals surface area contributed by atoms with Crippen LogP contribution in [0.15, 0.2) is 30.3 Å². The number of aliphatic carboxylic acids is 1. The quantitative estimate of drug-likeness (QED) is 0.326. The van der Waals surface area contributed by atoms with Gasteiger partial charge in [-0.3, -0.25) is 14.4 Å². The van der Waals surface area contributed by atoms with Gasteiger partial charge in [-0.25, -0.2) is 4.79 Å². The zero-order valence-corrected chi connectivity index (χ0v) is 16.8. The first-order chi connectivity index (χ1) is 13.6. The van der Waals surface area contributed by atoms with E-state index in [9.17, 15) is 24.3 Å². The van der Waals surface area contributed by atoms with Gasteiger partial charge in [-0.15, -0.1) is 0 Å². The molecule has 0 spiro atoms. The third kappa shape index (κ3) is 9.20. The average Bonchev–Trinajstić information content (AvgIpc) is 2.64. The van der Waals surface area contributed by atoms with Gasteiger partial charge in [0.05, 0.1) is 6.04 Å². The number of benzene rings is 1. The molecule has 0 aliphatic carbocycles. The molecular formula is C20H30N4O5. The lowest BCUT2D eigenvalue weighted by molar-refractivity contribution is -0.142. The van der Waals surface area contributed by atoms with Gasteiger partial charge in [-0.05, 0) is 30.7 Å². The van der Waals surface area contributed by atoms with Crippen LogP contribution in [0.5, 0.6) is 0 Å². The summed E-state index contributed by atoms with van der Waals surface area (Å²) in [6, 6.07) is 6.16. The van der Waals surface area contributed by atoms with Gasteiger partial charge in [0, 0.05) is 6.42 Å². The topological polar surface area (TPSA) is 165 Å². The van der Waals surface area contributed by atoms with Gasteiger partial charge in [-0.2, -0.15) is 0 Å². The number of rotatable bonds is 12. The number of amides is 3. The van der Waals surface area contributed by atoms with Crippen molar-refractivity contribution in [3.63, 3.8) is 0 Å². The van der Waals surface area contributed by atoms with Crippen molar-refractivity contribution in [1.29, 1.82) is 0 Å². The third-order valence-corrected chi connectivity index (χ3v) is 4.27. The minimum absolute atomic E-state index is 0.0605. The summed E-state index contributed by atoms with van der Waals surface area (Å²) in [5, 5.41) is 14.2. The maximum Gasteiger partial charge on any atom is 0.326 e. The van der Waals surface area contributed by atoms with Crippen molar-refractivity contribution in [2.24, 2.45) is 17.4 Å². The highest BCUT2D eigenvalue weighted by molar-refractivity contribution is 5.92. The summed E-state index contributed by atoms with van der Waals surface area (Å²) in [4.78, 5) is 47.4. The second-order valence-electron chi connectivity index (χ2n) is 7.39. The average molecular weight is 406 g/mol. The molecule has 1 aromatic carbocycles. The molecule has 0 heterocycles. The zero-order chi connectivity index (χ0) is 22.0. The van der Waals surface area contributed by atoms with Gasteiger partial charge in [0.25, 0.3) is 0 Å². The minimum atomic E-state index is -1.28. The Balaban J connectivity index is 2.78. The van der Waals surface area contributed by atoms with Crippen LogP contribution in [0.4, 0.5) is 0 Å². The Kier molecular flexibility index (Phi) is 9.81. The first-order valence-electron chi connectivity index (χ1n) is 9.51. The van der Waals surface area contributed by atoms with Gasteiger partial charge < -0.3 is 27.2 Å². The fraction of sp³-hybridized carbons (Fsp3) is 0.500. The van der Waals surface area contributed by atoms with E-state index in [1.807, 2.05) is 44.2 Å². The lowest BCUT2D eigenvalue weighted by Crippen LogP contribution is -2.55. The first-order valence-corrected chi connectivity index (χ1v) is 9.51. The molecule has 0 bridgehead atoms. The van der Waals surface area contributed by atoms with E-state index in [-0.39, 0.29) is 18.8 Å². The van der Waals surface area contributed by atoms with Crippen LogP contribution >= 0.6 is 0 Å². The lowest BCUT2D eigenvalue weighted by Gasteiger charge is -2.24. The van der Waals surface area contributed by atoms with E-state index in [1.54, 1.807) is 0 Å². The summed E-state index contributed by atoms with van der Waals surface area (Å²) in [5.41, 5.74) is 11.9. The molecular weight excluding hydrogens is 376 g/mol. The fourth-order valence-corrected chi connectivity index (χ4v) is 2.76. The maximum absolute atomic E-state index is 12.6. The Labute approximate surface area is 170 Å². The molecule has 0 fully saturated rings. The van der Waals surface area contributed by atoms with Crippen molar-refractivity contribution >= 4 is 23.7 Å². The summed E-state index contributed by atoms with van der Waals surface area (Å²) in [7, 11) is 0. The number of carboxylic acids is 1. The number of primary amides is 1. The summed E-state index contributed by atoms with van der Waals surface area (Å²) >= 11 is 0. The molecule has 0 saturated carbocycles. The largest absolute Gasteiger partial charge is 0.480 e. The summed E-state index contributed by atoms with van der Waals surface area (Å²) in [6.07, 6.45) is 0.295. The number of nitrogens with two attached hydrogens (primary N) is 2. The second kappa shape index (κ2) is 11.8. The third-order valence-electron chi connectivity index (χ3n) is 4.27. The molecule has 3 amide bonds. The molecule has 0 unspecified atom stereocenters. The van der Waals surface area contributed by atoms with Gasteiger partial charge in [-0.1, -0.05) is 44.2 Å². The first kappa shape index (κ1) is 24.1. The van der Waals surface area contributed by atoms with Crippen molar-refractivity contribution in [2.75, 3.05) is 0 Å². The number of carbonyl (C=O) groups excluding carboxylic acids is 3. The van der Waals surface area contributed by atoms with Gasteiger partial charge in [0.2, 0.25) is 17.7 Å². The summed E-state index contributed by atoms with van der Waals surface area (Å²) in [6.45, 7) is 3.75. The van der Waals surface area contributed by atoms with Crippen LogP contribution in [0, 0.1) is 5.92 Å². The van der Waals surface area contributed by atoms with E-state index in [4.69, 9.17) is 11.5 Å². The van der Waals surface area contributed by atoms with Gasteiger partial charge in [0.15, 0.2) is 0 Å². The molecule has 7 N–H and O–H groups in total. The molecule has 0 saturated heterocycles. The van der Waals surface area contributed by atoms with E-state index in [2.05, 4.69) is 10.6 Å². The van der Waals surface area contributed by atoms with Crippen molar-refractivity contribution < 1.29 is 24.3 Å². The van der Waals surface area contributed by atoms with E-state index < -0.39 is 41.8 Å². The van der Waals surface area contributed by atoms with Crippen LogP contribution in [0.1, 0.15) is 38.7 Å². The van der Waals surface area contributed by atoms with E-state index in [1.165, 1.54) is 0 Å². The van der Waals surface area contributed by atoms with Crippen molar-refractivity contribution in [3.05, 3.63) is 35.9 Å². The Hall–Kier alpha value is -2.94. The monoisotopic (exact) mass is 406 g/mol. The normalized spacial score (nSPS) is 13.9. The number of hydrogen-bond acceptors (Lipinski definition) is 5. The Morgan fingerprint density at radius 2 is 1.59 bits per heavy atom. The molecule has 0 aromatic heterocycles. The van der Waals surface area contributed by atoms with Crippen molar-refractivity contribution in [3.8, 4) is 0 Å². The van der Waals surface area contributed by atoms with Crippen LogP contribution < -0.4 is 22.1 Å². The smallest absolute Gasteiger partial charge is 0.326 e. The fourth-order valence-electron chi connectivity index (χ4n) is 2.76. The molecule has 29 heavy (non-hydrogen) atoms. The number of hydrogen-bond donors (Lipinski definition) is 5. The van der Waals surface area contributed by atoms with Crippen molar-refractivity contribution in [2.45, 2.75) is 57.7 Å². The minimum Gasteiger partial charge on any atom is -0.480 e. The second-order valence-corrected chi connectivity index (χ2v) is 7.39. The molecule has 1 aromatic rings. The Bertz CT molecular complexity index is 708. The molecule has 9 nitrogen and oxygen atoms in total. The molecule has 3 atom stereocenters. The highest BCUT2D eigenvalue weighted by Gasteiger charge is 2.28. The Morgan fingerprint density at radius 1 is 1.00 bits per heavy atom.